The summed E-state index contributed by atoms with van der Waals surface area (Å²) in [5.74, 6) is -5.88. The number of hydrogen-bond donors (Lipinski definition) is 6. The highest BCUT2D eigenvalue weighted by molar-refractivity contribution is 6.34. The van der Waals surface area contributed by atoms with Crippen LogP contribution in [0.3, 0.4) is 0 Å². The van der Waals surface area contributed by atoms with Gasteiger partial charge in [-0.1, -0.05) is 44.5 Å². The van der Waals surface area contributed by atoms with Gasteiger partial charge in [-0.2, -0.15) is 0 Å². The second kappa shape index (κ2) is 30.6. The molecule has 3 saturated heterocycles. The highest BCUT2D eigenvalue weighted by Gasteiger charge is 2.55. The number of aromatic carboxylic acids is 1. The molecule has 86 heavy (non-hydrogen) atoms. The lowest BCUT2D eigenvalue weighted by atomic mass is 9.73. The number of anilines is 1. The molecule has 24 nitrogen and oxygen atoms in total. The quantitative estimate of drug-likeness (QED) is 0.0331. The van der Waals surface area contributed by atoms with Crippen LogP contribution in [0.5, 0.6) is 0 Å². The molecule has 1 saturated carbocycles. The predicted molar refractivity (Wildman–Crippen MR) is 322 cm³/mol. The van der Waals surface area contributed by atoms with E-state index < -0.39 is 119 Å². The first-order valence-corrected chi connectivity index (χ1v) is 30.7. The van der Waals surface area contributed by atoms with Crippen LogP contribution < -0.4 is 16.1 Å². The Kier molecular flexibility index (Phi) is 25.2. The molecular weight excluding hydrogens is 1140 g/mol. The molecule has 0 amide bonds. The first-order chi connectivity index (χ1) is 40.4. The molecule has 4 heterocycles. The third-order valence-electron chi connectivity index (χ3n) is 17.7. The molecule has 1 unspecified atom stereocenters. The summed E-state index contributed by atoms with van der Waals surface area (Å²) in [5, 5.41) is 59.0. The van der Waals surface area contributed by atoms with Crippen molar-refractivity contribution in [2.45, 2.75) is 204 Å². The Morgan fingerprint density at radius 2 is 1.62 bits per heavy atom. The van der Waals surface area contributed by atoms with Gasteiger partial charge in [0.15, 0.2) is 18.7 Å². The van der Waals surface area contributed by atoms with Gasteiger partial charge >= 0.3 is 17.9 Å². The minimum atomic E-state index is -1.85. The van der Waals surface area contributed by atoms with Crippen LogP contribution in [-0.2, 0) is 57.1 Å². The number of esters is 2. The Bertz CT molecular complexity index is 2670. The number of fused-ring (bicyclic) bond motifs is 1. The number of carboxylic acid groups (broad SMARTS) is 1. The second-order valence-electron chi connectivity index (χ2n) is 25.3. The Balaban J connectivity index is 1.22. The van der Waals surface area contributed by atoms with Crippen LogP contribution in [0.1, 0.15) is 131 Å². The van der Waals surface area contributed by atoms with Crippen molar-refractivity contribution in [1.82, 2.24) is 19.7 Å². The normalized spacial score (nSPS) is 35.6. The number of pyridine rings is 1. The number of nitrogens with zero attached hydrogens (tertiary/aromatic N) is 4. The minimum absolute atomic E-state index is 0.00611. The van der Waals surface area contributed by atoms with E-state index in [9.17, 15) is 39.6 Å². The SMILES string of the molecule is CC[C@H]1OC(=O)[C@H](C)C(O[C@H]2C[C@@](C)(OC)[C@@H](OC(=O)CCNCCNc3cc4c(=O)c(C(=O)O)cn(C5CC5)c4cc3Cl)[C@H](C)O2)[C@H](C)[C@@H](O[C@@H]2O[C@H](C)C[C@H](N(C)C)[C@H]2O)[C@](C)(O)C[C@@H](C)/C(=N\OC)[C@H](C)[C@@H](OCOCCN(C)C)[C@]1(C)O. The van der Waals surface area contributed by atoms with Crippen molar-refractivity contribution in [3.05, 3.63) is 39.1 Å². The van der Waals surface area contributed by atoms with Crippen LogP contribution in [0.4, 0.5) is 5.69 Å². The Morgan fingerprint density at radius 3 is 2.23 bits per heavy atom. The van der Waals surface area contributed by atoms with Gasteiger partial charge in [-0.3, -0.25) is 14.4 Å². The van der Waals surface area contributed by atoms with Gasteiger partial charge in [0.1, 0.15) is 49.0 Å². The molecule has 1 aromatic heterocycles. The van der Waals surface area contributed by atoms with Gasteiger partial charge in [0.25, 0.3) is 0 Å². The number of rotatable bonds is 24. The van der Waals surface area contributed by atoms with E-state index >= 15 is 0 Å². The molecule has 6 rings (SSSR count). The summed E-state index contributed by atoms with van der Waals surface area (Å²) < 4.78 is 59.6. The Labute approximate surface area is 511 Å². The fourth-order valence-corrected chi connectivity index (χ4v) is 13.0. The smallest absolute Gasteiger partial charge is 0.341 e. The number of carbonyl (C=O) groups is 3. The van der Waals surface area contributed by atoms with Gasteiger partial charge in [0, 0.05) is 81.1 Å². The molecule has 4 fully saturated rings. The maximum atomic E-state index is 15.0. The molecule has 3 aliphatic heterocycles. The first kappa shape index (κ1) is 71.0. The molecule has 6 N–H and O–H groups in total. The lowest BCUT2D eigenvalue weighted by Crippen LogP contribution is -2.61. The van der Waals surface area contributed by atoms with E-state index in [1.165, 1.54) is 20.4 Å². The van der Waals surface area contributed by atoms with Gasteiger partial charge in [0.2, 0.25) is 5.43 Å². The van der Waals surface area contributed by atoms with Crippen molar-refractivity contribution in [3.63, 3.8) is 0 Å². The number of ether oxygens (including phenoxy) is 9. The van der Waals surface area contributed by atoms with E-state index in [1.54, 1.807) is 60.6 Å². The average molecular weight is 1240 g/mol. The molecule has 0 spiro atoms. The Morgan fingerprint density at radius 1 is 0.919 bits per heavy atom. The van der Waals surface area contributed by atoms with Crippen molar-refractivity contribution in [3.8, 4) is 0 Å². The lowest BCUT2D eigenvalue weighted by molar-refractivity contribution is -0.318. The molecule has 4 aliphatic rings. The maximum Gasteiger partial charge on any atom is 0.341 e. The predicted octanol–water partition coefficient (Wildman–Crippen LogP) is 5.42. The van der Waals surface area contributed by atoms with Gasteiger partial charge in [-0.25, -0.2) is 4.79 Å². The molecule has 25 heteroatoms. The van der Waals surface area contributed by atoms with Crippen molar-refractivity contribution in [2.24, 2.45) is 28.8 Å². The third kappa shape index (κ3) is 17.2. The van der Waals surface area contributed by atoms with E-state index in [0.29, 0.717) is 54.6 Å². The maximum absolute atomic E-state index is 15.0. The number of hydrogen-bond acceptors (Lipinski definition) is 22. The summed E-state index contributed by atoms with van der Waals surface area (Å²) in [6.45, 7) is 19.2. The Hall–Kier alpha value is -4.12. The van der Waals surface area contributed by atoms with Crippen LogP contribution in [-0.4, -0.2) is 225 Å². The van der Waals surface area contributed by atoms with Crippen molar-refractivity contribution in [1.29, 1.82) is 0 Å². The highest BCUT2D eigenvalue weighted by atomic mass is 35.5. The first-order valence-electron chi connectivity index (χ1n) is 30.3. The van der Waals surface area contributed by atoms with Gasteiger partial charge in [0.05, 0.1) is 70.9 Å². The van der Waals surface area contributed by atoms with Crippen LogP contribution in [0, 0.1) is 23.7 Å². The zero-order valence-electron chi connectivity index (χ0n) is 53.3. The van der Waals surface area contributed by atoms with Crippen LogP contribution >= 0.6 is 11.6 Å². The minimum Gasteiger partial charge on any atom is -0.477 e. The van der Waals surface area contributed by atoms with Crippen LogP contribution in [0.25, 0.3) is 10.9 Å². The summed E-state index contributed by atoms with van der Waals surface area (Å²) in [6, 6.07) is 2.99. The topological polar surface area (TPSA) is 289 Å². The molecule has 1 aliphatic carbocycles. The van der Waals surface area contributed by atoms with Gasteiger partial charge in [-0.15, -0.1) is 0 Å². The average Bonchev–Trinajstić information content (AvgIpc) is 1.58. The molecule has 0 bridgehead atoms. The van der Waals surface area contributed by atoms with Crippen molar-refractivity contribution in [2.75, 3.05) is 87.3 Å². The van der Waals surface area contributed by atoms with E-state index in [0.717, 1.165) is 12.8 Å². The number of cyclic esters (lactones) is 1. The summed E-state index contributed by atoms with van der Waals surface area (Å²) in [7, 11) is 10.5. The van der Waals surface area contributed by atoms with E-state index in [1.807, 2.05) is 63.3 Å². The highest BCUT2D eigenvalue weighted by Crippen LogP contribution is 2.43. The fraction of sp³-hybridized carbons (Fsp3) is 0.787. The van der Waals surface area contributed by atoms with Crippen LogP contribution in [0.2, 0.25) is 5.02 Å². The zero-order valence-corrected chi connectivity index (χ0v) is 54.1. The molecule has 2 aromatic rings. The number of aliphatic hydroxyl groups is 3. The largest absolute Gasteiger partial charge is 0.477 e. The zero-order chi connectivity index (χ0) is 63.7. The third-order valence-corrected chi connectivity index (χ3v) is 18.0. The van der Waals surface area contributed by atoms with Gasteiger partial charge < -0.3 is 92.9 Å². The number of halogens is 1. The summed E-state index contributed by atoms with van der Waals surface area (Å²) >= 11 is 6.66. The molecule has 488 valence electrons. The number of aromatic nitrogens is 1. The van der Waals surface area contributed by atoms with Crippen molar-refractivity contribution >= 4 is 51.8 Å². The number of carboxylic acids is 1. The molecular formula is C61H99ClN6O18. The van der Waals surface area contributed by atoms with E-state index in [4.69, 9.17) is 59.1 Å². The summed E-state index contributed by atoms with van der Waals surface area (Å²) in [6.07, 6.45) is -6.41. The standard InChI is InChI=1S/C61H99ClN6O18/c1-17-46-61(10,76)54(80-32-79-25-24-66(11)12)35(4)49(65-78-16)33(2)29-59(8,75)53(86-58-51(71)45(67(13)14)26-34(3)81-58)36(5)52(37(6)57(74)83-46)85-48-30-60(9,77-15)55(38(7)82-48)84-47(69)20-21-63-22-23-64-43-27-40-44(28-42(43)62)68(39-18-19-39)31-41(50(40)70)56(72)73/h27-28,31,33-39,45-46,48,51-55,58,63-64,71,75-76H,17-26,29-30,32H2,1-16H3,(H,72,73)/b65-49+/t33-,34-,35+,36+,37-,38+,45+,46-,48+,51-,52?,53-,54-,55+,58+,59-,60-,61-/m1/s1. The van der Waals surface area contributed by atoms with E-state index in [-0.39, 0.29) is 68.2 Å². The number of methoxy groups -OCH3 is 1. The number of carbonyl (C=O) groups excluding carboxylic acids is 2. The number of nitrogens with one attached hydrogen (secondary N) is 2. The number of oxime groups is 1. The molecule has 1 aromatic carbocycles. The fourth-order valence-electron chi connectivity index (χ4n) is 12.7. The second-order valence-corrected chi connectivity index (χ2v) is 25.7. The molecule has 18 atom stereocenters. The monoisotopic (exact) mass is 1240 g/mol. The van der Waals surface area contributed by atoms with E-state index in [2.05, 4.69) is 15.8 Å². The summed E-state index contributed by atoms with van der Waals surface area (Å²) in [5.41, 5.74) is -4.28. The van der Waals surface area contributed by atoms with Gasteiger partial charge in [-0.05, 0) is 114 Å². The summed E-state index contributed by atoms with van der Waals surface area (Å²) in [4.78, 5) is 63.0. The number of likely N-dealkylation sites (N-methyl/N-ethyl adjacent to an activating group) is 2. The van der Waals surface area contributed by atoms with Crippen LogP contribution in [0.15, 0.2) is 28.3 Å². The van der Waals surface area contributed by atoms with Crippen molar-refractivity contribution < 1.29 is 82.3 Å². The number of benzene rings is 1. The molecule has 0 radical (unpaired) electrons. The lowest BCUT2D eigenvalue weighted by Gasteiger charge is -2.49. The number of aliphatic hydroxyl groups excluding tert-OH is 1.